The number of aryl methyl sites for hydroxylation is 1. The van der Waals surface area contributed by atoms with Gasteiger partial charge in [0.1, 0.15) is 16.8 Å². The van der Waals surface area contributed by atoms with E-state index in [1.165, 1.54) is 7.11 Å². The maximum Gasteiger partial charge on any atom is 0.261 e. The van der Waals surface area contributed by atoms with E-state index in [0.29, 0.717) is 11.3 Å². The number of hydrogen-bond donors (Lipinski definition) is 2. The van der Waals surface area contributed by atoms with Crippen molar-refractivity contribution in [3.63, 3.8) is 0 Å². The average molecular weight is 409 g/mol. The van der Waals surface area contributed by atoms with Crippen LogP contribution >= 0.6 is 23.9 Å². The van der Waals surface area contributed by atoms with Crippen molar-refractivity contribution in [3.05, 3.63) is 59.7 Å². The Balaban J connectivity index is 1.59. The molecule has 2 N–H and O–H groups in total. The van der Waals surface area contributed by atoms with Gasteiger partial charge >= 0.3 is 0 Å². The Morgan fingerprint density at radius 1 is 1.11 bits per heavy atom. The molecule has 0 bridgehead atoms. The minimum absolute atomic E-state index is 0.184. The highest BCUT2D eigenvalue weighted by Gasteiger charge is 2.16. The maximum atomic E-state index is 12.8. The first-order valence-electron chi connectivity index (χ1n) is 8.48. The molecule has 0 radical (unpaired) electrons. The van der Waals surface area contributed by atoms with E-state index in [-0.39, 0.29) is 11.0 Å². The van der Waals surface area contributed by atoms with Crippen LogP contribution in [0.25, 0.3) is 21.8 Å². The molecule has 4 rings (SSSR count). The zero-order valence-corrected chi connectivity index (χ0v) is 16.8. The lowest BCUT2D eigenvalue weighted by atomic mass is 10.1. The Labute approximate surface area is 170 Å². The second-order valence-corrected chi connectivity index (χ2v) is 7.13. The van der Waals surface area contributed by atoms with E-state index in [1.807, 2.05) is 49.4 Å². The highest BCUT2D eigenvalue weighted by atomic mass is 32.1. The molecule has 28 heavy (non-hydrogen) atoms. The van der Waals surface area contributed by atoms with Crippen molar-refractivity contribution >= 4 is 62.5 Å². The first-order chi connectivity index (χ1) is 13.6. The number of nitrogens with zero attached hydrogens (tertiary/aromatic N) is 2. The van der Waals surface area contributed by atoms with Crippen molar-refractivity contribution in [2.75, 3.05) is 12.4 Å². The number of fused-ring (bicyclic) bond motifs is 2. The summed E-state index contributed by atoms with van der Waals surface area (Å²) in [5, 5.41) is 7.93. The van der Waals surface area contributed by atoms with E-state index in [1.54, 1.807) is 6.07 Å². The molecule has 0 atom stereocenters. The fourth-order valence-corrected chi connectivity index (χ4v) is 3.73. The number of carbonyl (C=O) groups is 1. The van der Waals surface area contributed by atoms with Crippen LogP contribution in [0.5, 0.6) is 5.75 Å². The molecule has 0 spiro atoms. The number of aromatic nitrogens is 2. The standard InChI is InChI=1S/C20H16N4O2S2/c1-11-7-8-15-18(24-28-23-15)17(11)21-20(27)22-19(25)14-9-12-5-3-4-6-13(12)10-16(14)26-2/h3-10H,1-2H3,(H2,21,22,25,27). The third-order valence-electron chi connectivity index (χ3n) is 4.41. The molecule has 1 aromatic heterocycles. The summed E-state index contributed by atoms with van der Waals surface area (Å²) in [5.41, 5.74) is 3.62. The van der Waals surface area contributed by atoms with Gasteiger partial charge in [-0.1, -0.05) is 30.3 Å². The molecule has 0 saturated carbocycles. The molecular weight excluding hydrogens is 392 g/mol. The van der Waals surface area contributed by atoms with E-state index in [2.05, 4.69) is 19.4 Å². The highest BCUT2D eigenvalue weighted by molar-refractivity contribution is 7.80. The summed E-state index contributed by atoms with van der Waals surface area (Å²) in [6, 6.07) is 15.3. The van der Waals surface area contributed by atoms with Crippen LogP contribution < -0.4 is 15.4 Å². The summed E-state index contributed by atoms with van der Waals surface area (Å²) < 4.78 is 13.9. The van der Waals surface area contributed by atoms with E-state index in [4.69, 9.17) is 17.0 Å². The molecule has 0 aliphatic carbocycles. The van der Waals surface area contributed by atoms with Gasteiger partial charge in [-0.15, -0.1) is 0 Å². The highest BCUT2D eigenvalue weighted by Crippen LogP contribution is 2.27. The van der Waals surface area contributed by atoms with E-state index in [0.717, 1.165) is 44.8 Å². The van der Waals surface area contributed by atoms with Crippen LogP contribution in [0.3, 0.4) is 0 Å². The third-order valence-corrected chi connectivity index (χ3v) is 5.16. The van der Waals surface area contributed by atoms with Crippen molar-refractivity contribution in [1.82, 2.24) is 14.1 Å². The van der Waals surface area contributed by atoms with Crippen molar-refractivity contribution < 1.29 is 9.53 Å². The van der Waals surface area contributed by atoms with Crippen LogP contribution in [-0.2, 0) is 0 Å². The van der Waals surface area contributed by atoms with Gasteiger partial charge < -0.3 is 10.1 Å². The van der Waals surface area contributed by atoms with Crippen LogP contribution in [0.2, 0.25) is 0 Å². The second-order valence-electron chi connectivity index (χ2n) is 6.20. The number of rotatable bonds is 3. The Kier molecular flexibility index (Phi) is 4.89. The molecular formula is C20H16N4O2S2. The molecule has 1 heterocycles. The summed E-state index contributed by atoms with van der Waals surface area (Å²) in [6.45, 7) is 1.94. The molecule has 0 aliphatic heterocycles. The number of hydrogen-bond acceptors (Lipinski definition) is 6. The Morgan fingerprint density at radius 3 is 2.61 bits per heavy atom. The summed E-state index contributed by atoms with van der Waals surface area (Å²) in [4.78, 5) is 12.8. The smallest absolute Gasteiger partial charge is 0.261 e. The van der Waals surface area contributed by atoms with Gasteiger partial charge in [0, 0.05) is 0 Å². The van der Waals surface area contributed by atoms with Gasteiger partial charge in [0.15, 0.2) is 5.11 Å². The molecule has 8 heteroatoms. The number of nitrogens with one attached hydrogen (secondary N) is 2. The number of benzene rings is 3. The number of methoxy groups -OCH3 is 1. The van der Waals surface area contributed by atoms with Gasteiger partial charge in [-0.05, 0) is 53.7 Å². The number of thiocarbonyl (C=S) groups is 1. The topological polar surface area (TPSA) is 76.1 Å². The SMILES string of the molecule is COc1cc2ccccc2cc1C(=O)NC(=S)Nc1c(C)ccc2nsnc12. The Morgan fingerprint density at radius 2 is 1.86 bits per heavy atom. The summed E-state index contributed by atoms with van der Waals surface area (Å²) in [7, 11) is 1.54. The summed E-state index contributed by atoms with van der Waals surface area (Å²) >= 11 is 6.49. The molecule has 140 valence electrons. The lowest BCUT2D eigenvalue weighted by Crippen LogP contribution is -2.34. The number of ether oxygens (including phenoxy) is 1. The first kappa shape index (κ1) is 18.3. The molecule has 6 nitrogen and oxygen atoms in total. The lowest BCUT2D eigenvalue weighted by Gasteiger charge is -2.14. The number of carbonyl (C=O) groups excluding carboxylic acids is 1. The summed E-state index contributed by atoms with van der Waals surface area (Å²) in [5.74, 6) is 0.141. The first-order valence-corrected chi connectivity index (χ1v) is 9.61. The van der Waals surface area contributed by atoms with Crippen LogP contribution in [0.4, 0.5) is 5.69 Å². The van der Waals surface area contributed by atoms with Crippen molar-refractivity contribution in [2.24, 2.45) is 0 Å². The Hall–Kier alpha value is -3.10. The second kappa shape index (κ2) is 7.49. The molecule has 3 aromatic carbocycles. The minimum atomic E-state index is -0.346. The van der Waals surface area contributed by atoms with Gasteiger partial charge in [-0.2, -0.15) is 8.75 Å². The molecule has 1 amide bonds. The van der Waals surface area contributed by atoms with Gasteiger partial charge in [-0.25, -0.2) is 0 Å². The number of amides is 1. The molecule has 0 saturated heterocycles. The van der Waals surface area contributed by atoms with Gasteiger partial charge in [0.05, 0.1) is 30.1 Å². The number of anilines is 1. The molecule has 0 fully saturated rings. The molecule has 4 aromatic rings. The van der Waals surface area contributed by atoms with Crippen LogP contribution in [0.1, 0.15) is 15.9 Å². The van der Waals surface area contributed by atoms with Gasteiger partial charge in [0.2, 0.25) is 0 Å². The quantitative estimate of drug-likeness (QED) is 0.493. The fraction of sp³-hybridized carbons (Fsp3) is 0.100. The zero-order chi connectivity index (χ0) is 19.7. The van der Waals surface area contributed by atoms with E-state index >= 15 is 0 Å². The van der Waals surface area contributed by atoms with Crippen LogP contribution in [0, 0.1) is 6.92 Å². The predicted molar refractivity (Wildman–Crippen MR) is 116 cm³/mol. The van der Waals surface area contributed by atoms with Crippen LogP contribution in [0.15, 0.2) is 48.5 Å². The average Bonchev–Trinajstić information content (AvgIpc) is 3.18. The monoisotopic (exact) mass is 408 g/mol. The largest absolute Gasteiger partial charge is 0.496 e. The predicted octanol–water partition coefficient (Wildman–Crippen LogP) is 4.29. The maximum absolute atomic E-state index is 12.8. The lowest BCUT2D eigenvalue weighted by molar-refractivity contribution is 0.0975. The minimum Gasteiger partial charge on any atom is -0.496 e. The van der Waals surface area contributed by atoms with E-state index in [9.17, 15) is 4.79 Å². The Bertz CT molecular complexity index is 1220. The fourth-order valence-electron chi connectivity index (χ4n) is 2.99. The zero-order valence-electron chi connectivity index (χ0n) is 15.1. The van der Waals surface area contributed by atoms with Crippen LogP contribution in [-0.4, -0.2) is 26.9 Å². The molecule has 0 unspecified atom stereocenters. The third kappa shape index (κ3) is 3.39. The normalized spacial score (nSPS) is 10.8. The molecule has 0 aliphatic rings. The van der Waals surface area contributed by atoms with Gasteiger partial charge in [-0.3, -0.25) is 10.1 Å². The van der Waals surface area contributed by atoms with Crippen molar-refractivity contribution in [1.29, 1.82) is 0 Å². The van der Waals surface area contributed by atoms with Crippen molar-refractivity contribution in [3.8, 4) is 5.75 Å². The van der Waals surface area contributed by atoms with Gasteiger partial charge in [0.25, 0.3) is 5.91 Å². The van der Waals surface area contributed by atoms with Crippen molar-refractivity contribution in [2.45, 2.75) is 6.92 Å². The summed E-state index contributed by atoms with van der Waals surface area (Å²) in [6.07, 6.45) is 0. The van der Waals surface area contributed by atoms with E-state index < -0.39 is 0 Å².